The quantitative estimate of drug-likeness (QED) is 0.819. The van der Waals surface area contributed by atoms with Crippen LogP contribution >= 0.6 is 0 Å². The fourth-order valence-electron chi connectivity index (χ4n) is 2.14. The van der Waals surface area contributed by atoms with Crippen LogP contribution in [0.15, 0.2) is 30.3 Å². The Kier molecular flexibility index (Phi) is 5.57. The fourth-order valence-corrected chi connectivity index (χ4v) is 2.14. The van der Waals surface area contributed by atoms with Crippen LogP contribution in [-0.2, 0) is 21.4 Å². The monoisotopic (exact) mass is 331 g/mol. The van der Waals surface area contributed by atoms with Crippen LogP contribution in [0.3, 0.4) is 0 Å². The molecule has 0 aliphatic carbocycles. The van der Waals surface area contributed by atoms with Crippen molar-refractivity contribution in [2.75, 3.05) is 11.9 Å². The van der Waals surface area contributed by atoms with Crippen molar-refractivity contribution in [3.8, 4) is 5.75 Å². The normalized spacial score (nSPS) is 11.7. The summed E-state index contributed by atoms with van der Waals surface area (Å²) in [7, 11) is 1.79. The summed E-state index contributed by atoms with van der Waals surface area (Å²) in [6.07, 6.45) is -0.804. The van der Waals surface area contributed by atoms with Gasteiger partial charge in [-0.05, 0) is 32.9 Å². The number of anilines is 1. The molecule has 0 aliphatic heterocycles. The molecule has 1 amide bonds. The Hall–Kier alpha value is -2.83. The standard InChI is InChI=1S/C17H21N3O4/c1-11-16(12(2)20(4)19-11)18-15(21)10-23-17(22)13(3)24-14-8-6-5-7-9-14/h5-9,13H,10H2,1-4H3,(H,18,21)/t13-/m0/s1. The number of ether oxygens (including phenoxy) is 2. The molecule has 1 N–H and O–H groups in total. The average Bonchev–Trinajstić information content (AvgIpc) is 2.79. The van der Waals surface area contributed by atoms with E-state index in [0.717, 1.165) is 5.69 Å². The summed E-state index contributed by atoms with van der Waals surface area (Å²) in [4.78, 5) is 23.8. The molecule has 1 aromatic heterocycles. The first-order chi connectivity index (χ1) is 11.4. The Morgan fingerprint density at radius 1 is 1.25 bits per heavy atom. The van der Waals surface area contributed by atoms with Gasteiger partial charge in [0.2, 0.25) is 0 Å². The molecule has 1 heterocycles. The Labute approximate surface area is 140 Å². The van der Waals surface area contributed by atoms with Gasteiger partial charge in [-0.15, -0.1) is 0 Å². The van der Waals surface area contributed by atoms with Crippen molar-refractivity contribution in [1.82, 2.24) is 9.78 Å². The van der Waals surface area contributed by atoms with Gasteiger partial charge >= 0.3 is 5.97 Å². The van der Waals surface area contributed by atoms with Crippen LogP contribution in [0.25, 0.3) is 0 Å². The van der Waals surface area contributed by atoms with E-state index in [2.05, 4.69) is 10.4 Å². The maximum atomic E-state index is 11.9. The maximum Gasteiger partial charge on any atom is 0.347 e. The molecule has 0 radical (unpaired) electrons. The van der Waals surface area contributed by atoms with Crippen molar-refractivity contribution in [2.45, 2.75) is 26.9 Å². The van der Waals surface area contributed by atoms with Crippen LogP contribution in [0.2, 0.25) is 0 Å². The minimum absolute atomic E-state index is 0.380. The lowest BCUT2D eigenvalue weighted by molar-refractivity contribution is -0.153. The van der Waals surface area contributed by atoms with Crippen molar-refractivity contribution < 1.29 is 19.1 Å². The van der Waals surface area contributed by atoms with Gasteiger partial charge in [-0.1, -0.05) is 18.2 Å². The van der Waals surface area contributed by atoms with Crippen molar-refractivity contribution >= 4 is 17.6 Å². The highest BCUT2D eigenvalue weighted by atomic mass is 16.6. The van der Waals surface area contributed by atoms with Crippen LogP contribution < -0.4 is 10.1 Å². The molecule has 0 aliphatic rings. The molecule has 0 unspecified atom stereocenters. The summed E-state index contributed by atoms with van der Waals surface area (Å²) in [5.41, 5.74) is 2.16. The highest BCUT2D eigenvalue weighted by Crippen LogP contribution is 2.18. The largest absolute Gasteiger partial charge is 0.479 e. The number of amides is 1. The van der Waals surface area contributed by atoms with Crippen LogP contribution in [0.4, 0.5) is 5.69 Å². The minimum atomic E-state index is -0.804. The number of hydrogen-bond acceptors (Lipinski definition) is 5. The second-order valence-corrected chi connectivity index (χ2v) is 5.40. The number of carbonyl (C=O) groups excluding carboxylic acids is 2. The number of para-hydroxylation sites is 1. The summed E-state index contributed by atoms with van der Waals surface area (Å²) in [6, 6.07) is 8.94. The average molecular weight is 331 g/mol. The van der Waals surface area contributed by atoms with E-state index in [1.807, 2.05) is 13.0 Å². The van der Waals surface area contributed by atoms with Gasteiger partial charge in [0, 0.05) is 7.05 Å². The molecule has 0 bridgehead atoms. The zero-order chi connectivity index (χ0) is 17.7. The second-order valence-electron chi connectivity index (χ2n) is 5.40. The number of carbonyl (C=O) groups is 2. The molecule has 0 saturated heterocycles. The highest BCUT2D eigenvalue weighted by Gasteiger charge is 2.19. The summed E-state index contributed by atoms with van der Waals surface area (Å²) in [5.74, 6) is -0.462. The van der Waals surface area contributed by atoms with Crippen molar-refractivity contribution in [3.05, 3.63) is 41.7 Å². The zero-order valence-corrected chi connectivity index (χ0v) is 14.2. The van der Waals surface area contributed by atoms with Crippen molar-refractivity contribution in [3.63, 3.8) is 0 Å². The third-order valence-corrected chi connectivity index (χ3v) is 3.51. The fraction of sp³-hybridized carbons (Fsp3) is 0.353. The summed E-state index contributed by atoms with van der Waals surface area (Å²) in [6.45, 7) is 4.83. The van der Waals surface area contributed by atoms with Gasteiger partial charge in [0.1, 0.15) is 5.75 Å². The van der Waals surface area contributed by atoms with E-state index in [-0.39, 0.29) is 6.61 Å². The predicted octanol–water partition coefficient (Wildman–Crippen LogP) is 1.99. The molecule has 0 spiro atoms. The number of benzene rings is 1. The maximum absolute atomic E-state index is 11.9. The van der Waals surface area contributed by atoms with Crippen LogP contribution in [0, 0.1) is 13.8 Å². The van der Waals surface area contributed by atoms with Gasteiger partial charge in [-0.25, -0.2) is 4.79 Å². The summed E-state index contributed by atoms with van der Waals surface area (Å²) < 4.78 is 12.1. The number of nitrogens with zero attached hydrogens (tertiary/aromatic N) is 2. The first-order valence-corrected chi connectivity index (χ1v) is 7.57. The first kappa shape index (κ1) is 17.5. The van der Waals surface area contributed by atoms with E-state index >= 15 is 0 Å². The van der Waals surface area contributed by atoms with Crippen molar-refractivity contribution in [1.29, 1.82) is 0 Å². The molecular weight excluding hydrogens is 310 g/mol. The van der Waals surface area contributed by atoms with Crippen LogP contribution in [-0.4, -0.2) is 34.4 Å². The molecule has 0 fully saturated rings. The van der Waals surface area contributed by atoms with Gasteiger partial charge in [-0.3, -0.25) is 9.48 Å². The van der Waals surface area contributed by atoms with Gasteiger partial charge in [0.05, 0.1) is 17.1 Å². The van der Waals surface area contributed by atoms with E-state index in [1.165, 1.54) is 0 Å². The predicted molar refractivity (Wildman–Crippen MR) is 88.8 cm³/mol. The van der Waals surface area contributed by atoms with Gasteiger partial charge < -0.3 is 14.8 Å². The first-order valence-electron chi connectivity index (χ1n) is 7.57. The number of aromatic nitrogens is 2. The molecule has 24 heavy (non-hydrogen) atoms. The highest BCUT2D eigenvalue weighted by molar-refractivity contribution is 5.94. The number of nitrogens with one attached hydrogen (secondary N) is 1. The molecule has 1 aromatic carbocycles. The zero-order valence-electron chi connectivity index (χ0n) is 14.2. The Bertz CT molecular complexity index is 725. The topological polar surface area (TPSA) is 82.5 Å². The number of hydrogen-bond donors (Lipinski definition) is 1. The van der Waals surface area contributed by atoms with E-state index in [1.54, 1.807) is 49.8 Å². The third kappa shape index (κ3) is 4.34. The summed E-state index contributed by atoms with van der Waals surface area (Å²) in [5, 5.41) is 6.91. The molecule has 2 aromatic rings. The Morgan fingerprint density at radius 3 is 2.50 bits per heavy atom. The Balaban J connectivity index is 1.83. The smallest absolute Gasteiger partial charge is 0.347 e. The van der Waals surface area contributed by atoms with Gasteiger partial charge in [-0.2, -0.15) is 5.10 Å². The van der Waals surface area contributed by atoms with Crippen LogP contribution in [0.1, 0.15) is 18.3 Å². The molecule has 1 atom stereocenters. The van der Waals surface area contributed by atoms with Crippen LogP contribution in [0.5, 0.6) is 5.75 Å². The molecule has 0 saturated carbocycles. The lowest BCUT2D eigenvalue weighted by Crippen LogP contribution is -2.29. The lowest BCUT2D eigenvalue weighted by Gasteiger charge is -2.14. The molecule has 2 rings (SSSR count). The molecule has 7 heteroatoms. The SMILES string of the molecule is Cc1nn(C)c(C)c1NC(=O)COC(=O)[C@H](C)Oc1ccccc1. The molecule has 7 nitrogen and oxygen atoms in total. The third-order valence-electron chi connectivity index (χ3n) is 3.51. The van der Waals surface area contributed by atoms with E-state index in [0.29, 0.717) is 17.1 Å². The van der Waals surface area contributed by atoms with Gasteiger partial charge in [0.25, 0.3) is 5.91 Å². The molecule has 128 valence electrons. The van der Waals surface area contributed by atoms with E-state index < -0.39 is 18.0 Å². The minimum Gasteiger partial charge on any atom is -0.479 e. The van der Waals surface area contributed by atoms with E-state index in [9.17, 15) is 9.59 Å². The number of rotatable bonds is 6. The number of esters is 1. The van der Waals surface area contributed by atoms with Gasteiger partial charge in [0.15, 0.2) is 12.7 Å². The van der Waals surface area contributed by atoms with Crippen molar-refractivity contribution in [2.24, 2.45) is 7.05 Å². The Morgan fingerprint density at radius 2 is 1.92 bits per heavy atom. The van der Waals surface area contributed by atoms with E-state index in [4.69, 9.17) is 9.47 Å². The number of aryl methyl sites for hydroxylation is 2. The lowest BCUT2D eigenvalue weighted by atomic mass is 10.3. The second kappa shape index (κ2) is 7.63. The molecular formula is C17H21N3O4. The summed E-state index contributed by atoms with van der Waals surface area (Å²) >= 11 is 0.